The highest BCUT2D eigenvalue weighted by molar-refractivity contribution is 6.14. The largest absolute Gasteiger partial charge is 0.369 e. The minimum atomic E-state index is -0.560. The van der Waals surface area contributed by atoms with Crippen LogP contribution in [0.25, 0.3) is 0 Å². The lowest BCUT2D eigenvalue weighted by Crippen LogP contribution is -2.48. The zero-order valence-electron chi connectivity index (χ0n) is 12.2. The number of benzene rings is 1. The molecule has 0 aliphatic rings. The van der Waals surface area contributed by atoms with Crippen molar-refractivity contribution in [2.45, 2.75) is 33.6 Å². The highest BCUT2D eigenvalue weighted by atomic mass is 16.7. The Kier molecular flexibility index (Phi) is 5.99. The van der Waals surface area contributed by atoms with Crippen LogP contribution in [0.5, 0.6) is 0 Å². The van der Waals surface area contributed by atoms with Crippen molar-refractivity contribution in [1.82, 2.24) is 5.48 Å². The summed E-state index contributed by atoms with van der Waals surface area (Å²) in [7, 11) is 0. The van der Waals surface area contributed by atoms with Crippen LogP contribution in [0.2, 0.25) is 0 Å². The lowest BCUT2D eigenvalue weighted by molar-refractivity contribution is 0.0743. The van der Waals surface area contributed by atoms with Gasteiger partial charge in [-0.2, -0.15) is 0 Å². The molecule has 1 aromatic carbocycles. The first-order valence-electron chi connectivity index (χ1n) is 6.73. The van der Waals surface area contributed by atoms with E-state index in [-0.39, 0.29) is 5.96 Å². The molecule has 1 rings (SSSR count). The van der Waals surface area contributed by atoms with E-state index in [4.69, 9.17) is 16.0 Å². The van der Waals surface area contributed by atoms with Gasteiger partial charge in [0.1, 0.15) is 0 Å². The van der Waals surface area contributed by atoms with E-state index in [0.29, 0.717) is 12.3 Å². The second-order valence-electron chi connectivity index (χ2n) is 4.19. The van der Waals surface area contributed by atoms with Crippen LogP contribution in [0.4, 0.5) is 10.5 Å². The van der Waals surface area contributed by atoms with E-state index in [1.807, 2.05) is 32.0 Å². The second-order valence-corrected chi connectivity index (χ2v) is 4.19. The summed E-state index contributed by atoms with van der Waals surface area (Å²) in [6.07, 6.45) is 1.49. The van der Waals surface area contributed by atoms with Gasteiger partial charge in [0, 0.05) is 0 Å². The van der Waals surface area contributed by atoms with E-state index in [0.717, 1.165) is 28.9 Å². The molecule has 110 valence electrons. The highest BCUT2D eigenvalue weighted by Crippen LogP contribution is 2.27. The van der Waals surface area contributed by atoms with Gasteiger partial charge in [-0.25, -0.2) is 15.2 Å². The van der Waals surface area contributed by atoms with Crippen molar-refractivity contribution in [3.8, 4) is 0 Å². The number of hydrogen-bond acceptors (Lipinski definition) is 3. The smallest absolute Gasteiger partial charge is 0.352 e. The van der Waals surface area contributed by atoms with Gasteiger partial charge in [-0.05, 0) is 30.9 Å². The molecule has 0 unspecified atom stereocenters. The molecule has 0 fully saturated rings. The zero-order chi connectivity index (χ0) is 15.1. The number of carbonyl (C=O) groups is 1. The van der Waals surface area contributed by atoms with Crippen molar-refractivity contribution in [2.75, 3.05) is 11.5 Å². The molecule has 6 heteroatoms. The van der Waals surface area contributed by atoms with Gasteiger partial charge >= 0.3 is 6.03 Å². The summed E-state index contributed by atoms with van der Waals surface area (Å²) in [5, 5.41) is 7.69. The first kappa shape index (κ1) is 16.0. The molecule has 4 N–H and O–H groups in total. The number of rotatable bonds is 5. The van der Waals surface area contributed by atoms with E-state index in [1.165, 1.54) is 0 Å². The van der Waals surface area contributed by atoms with Gasteiger partial charge in [0.2, 0.25) is 5.96 Å². The van der Waals surface area contributed by atoms with Crippen LogP contribution in [0.15, 0.2) is 18.2 Å². The van der Waals surface area contributed by atoms with Crippen LogP contribution in [0.3, 0.4) is 0 Å². The number of anilines is 1. The molecule has 0 aromatic heterocycles. The summed E-state index contributed by atoms with van der Waals surface area (Å²) in [5.41, 5.74) is 10.5. The van der Waals surface area contributed by atoms with Crippen molar-refractivity contribution >= 4 is 17.7 Å². The number of para-hydroxylation sites is 1. The average molecular weight is 278 g/mol. The van der Waals surface area contributed by atoms with E-state index >= 15 is 0 Å². The number of nitrogens with zero attached hydrogens (tertiary/aromatic N) is 1. The average Bonchev–Trinajstić information content (AvgIpc) is 2.44. The minimum Gasteiger partial charge on any atom is -0.369 e. The van der Waals surface area contributed by atoms with Gasteiger partial charge < -0.3 is 5.73 Å². The Bertz CT molecular complexity index is 466. The molecular weight excluding hydrogens is 256 g/mol. The number of nitrogens with two attached hydrogens (primary N) is 1. The van der Waals surface area contributed by atoms with E-state index in [2.05, 4.69) is 5.48 Å². The summed E-state index contributed by atoms with van der Waals surface area (Å²) in [5.74, 6) is -0.335. The Morgan fingerprint density at radius 1 is 1.30 bits per heavy atom. The third-order valence-electron chi connectivity index (χ3n) is 2.94. The van der Waals surface area contributed by atoms with Crippen LogP contribution >= 0.6 is 0 Å². The van der Waals surface area contributed by atoms with Crippen LogP contribution in [-0.2, 0) is 17.7 Å². The monoisotopic (exact) mass is 278 g/mol. The van der Waals surface area contributed by atoms with Crippen LogP contribution < -0.4 is 16.1 Å². The maximum Gasteiger partial charge on any atom is 0.352 e. The number of aryl methyl sites for hydroxylation is 2. The number of amides is 2. The van der Waals surface area contributed by atoms with Crippen molar-refractivity contribution in [3.05, 3.63) is 29.3 Å². The van der Waals surface area contributed by atoms with E-state index < -0.39 is 6.03 Å². The number of urea groups is 1. The molecule has 6 nitrogen and oxygen atoms in total. The molecule has 0 saturated heterocycles. The number of hydroxylamine groups is 1. The fourth-order valence-corrected chi connectivity index (χ4v) is 2.01. The number of hydrogen-bond donors (Lipinski definition) is 3. The van der Waals surface area contributed by atoms with Gasteiger partial charge in [0.25, 0.3) is 0 Å². The van der Waals surface area contributed by atoms with Crippen LogP contribution in [0, 0.1) is 5.41 Å². The fourth-order valence-electron chi connectivity index (χ4n) is 2.01. The van der Waals surface area contributed by atoms with Crippen molar-refractivity contribution in [1.29, 1.82) is 5.41 Å². The van der Waals surface area contributed by atoms with Crippen molar-refractivity contribution in [3.63, 3.8) is 0 Å². The minimum absolute atomic E-state index is 0.335. The summed E-state index contributed by atoms with van der Waals surface area (Å²) in [6, 6.07) is 5.24. The Balaban J connectivity index is 3.27. The predicted molar refractivity (Wildman–Crippen MR) is 79.7 cm³/mol. The van der Waals surface area contributed by atoms with E-state index in [9.17, 15) is 4.79 Å². The third kappa shape index (κ3) is 3.48. The van der Waals surface area contributed by atoms with Gasteiger partial charge in [-0.1, -0.05) is 32.0 Å². The van der Waals surface area contributed by atoms with Gasteiger partial charge in [-0.3, -0.25) is 10.2 Å². The fraction of sp³-hybridized carbons (Fsp3) is 0.429. The normalized spacial score (nSPS) is 10.2. The first-order valence-corrected chi connectivity index (χ1v) is 6.73. The number of nitrogens with one attached hydrogen (secondary N) is 2. The maximum atomic E-state index is 12.1. The Hall–Kier alpha value is -2.08. The number of guanidine groups is 1. The van der Waals surface area contributed by atoms with Gasteiger partial charge in [-0.15, -0.1) is 0 Å². The van der Waals surface area contributed by atoms with Gasteiger partial charge in [0.15, 0.2) is 0 Å². The SMILES string of the molecule is CCONC(=O)N(C(=N)N)c1c(CC)cccc1CC. The lowest BCUT2D eigenvalue weighted by atomic mass is 10.0. The molecule has 0 bridgehead atoms. The summed E-state index contributed by atoms with van der Waals surface area (Å²) in [6.45, 7) is 6.09. The molecule has 0 heterocycles. The molecule has 0 aliphatic carbocycles. The molecule has 0 aliphatic heterocycles. The lowest BCUT2D eigenvalue weighted by Gasteiger charge is -2.25. The molecule has 1 aromatic rings. The van der Waals surface area contributed by atoms with Gasteiger partial charge in [0.05, 0.1) is 12.3 Å². The quantitative estimate of drug-likeness (QED) is 0.438. The molecule has 0 spiro atoms. The summed E-state index contributed by atoms with van der Waals surface area (Å²) < 4.78 is 0. The van der Waals surface area contributed by atoms with Crippen LogP contribution in [0.1, 0.15) is 31.9 Å². The summed E-state index contributed by atoms with van der Waals surface area (Å²) in [4.78, 5) is 18.2. The molecule has 0 radical (unpaired) electrons. The Labute approximate surface area is 119 Å². The highest BCUT2D eigenvalue weighted by Gasteiger charge is 2.23. The zero-order valence-corrected chi connectivity index (χ0v) is 12.2. The molecule has 0 atom stereocenters. The molecule has 2 amide bonds. The second kappa shape index (κ2) is 7.49. The predicted octanol–water partition coefficient (Wildman–Crippen LogP) is 2.17. The maximum absolute atomic E-state index is 12.1. The third-order valence-corrected chi connectivity index (χ3v) is 2.94. The van der Waals surface area contributed by atoms with Crippen LogP contribution in [-0.4, -0.2) is 18.6 Å². The molecule has 0 saturated carbocycles. The van der Waals surface area contributed by atoms with E-state index in [1.54, 1.807) is 6.92 Å². The first-order chi connectivity index (χ1) is 9.56. The van der Waals surface area contributed by atoms with Crippen molar-refractivity contribution in [2.24, 2.45) is 5.73 Å². The molecule has 20 heavy (non-hydrogen) atoms. The molecular formula is C14H22N4O2. The standard InChI is InChI=1S/C14H22N4O2/c1-4-10-8-7-9-11(5-2)12(10)18(13(15)16)14(19)17-20-6-3/h7-9H,4-6H2,1-3H3,(H3,15,16)(H,17,19). The Morgan fingerprint density at radius 3 is 2.25 bits per heavy atom. The Morgan fingerprint density at radius 2 is 1.85 bits per heavy atom. The number of carbonyl (C=O) groups excluding carboxylic acids is 1. The topological polar surface area (TPSA) is 91.4 Å². The summed E-state index contributed by atoms with van der Waals surface area (Å²) >= 11 is 0. The van der Waals surface area contributed by atoms with Crippen molar-refractivity contribution < 1.29 is 9.63 Å².